The molecule has 2 rings (SSSR count). The smallest absolute Gasteiger partial charge is 0.167 e. The number of nitrogens with two attached hydrogens (primary N) is 1. The zero-order valence-electron chi connectivity index (χ0n) is 12.1. The average Bonchev–Trinajstić information content (AvgIpc) is 2.46. The van der Waals surface area contributed by atoms with Gasteiger partial charge in [-0.05, 0) is 38.1 Å². The first kappa shape index (κ1) is 15.0. The van der Waals surface area contributed by atoms with Gasteiger partial charge in [0.05, 0.1) is 18.9 Å². The lowest BCUT2D eigenvalue weighted by molar-refractivity contribution is 0.319. The van der Waals surface area contributed by atoms with Crippen LogP contribution in [0.3, 0.4) is 0 Å². The Kier molecular flexibility index (Phi) is 4.87. The molecule has 0 atom stereocenters. The van der Waals surface area contributed by atoms with Crippen LogP contribution in [0.4, 0.5) is 10.1 Å². The highest BCUT2D eigenvalue weighted by Gasteiger charge is 2.11. The van der Waals surface area contributed by atoms with Crippen molar-refractivity contribution in [3.63, 3.8) is 0 Å². The number of nitrogen functional groups attached to an aromatic ring is 1. The third-order valence-electron chi connectivity index (χ3n) is 2.73. The monoisotopic (exact) mass is 291 g/mol. The van der Waals surface area contributed by atoms with Crippen molar-refractivity contribution in [3.8, 4) is 23.0 Å². The molecular weight excluding hydrogens is 273 g/mol. The fourth-order valence-electron chi connectivity index (χ4n) is 1.80. The van der Waals surface area contributed by atoms with Gasteiger partial charge in [-0.1, -0.05) is 0 Å². The van der Waals surface area contributed by atoms with Gasteiger partial charge < -0.3 is 19.9 Å². The molecule has 0 aliphatic heterocycles. The highest BCUT2D eigenvalue weighted by molar-refractivity contribution is 5.57. The lowest BCUT2D eigenvalue weighted by atomic mass is 10.2. The Hall–Kier alpha value is -2.43. The molecule has 0 aliphatic rings. The summed E-state index contributed by atoms with van der Waals surface area (Å²) >= 11 is 0. The van der Waals surface area contributed by atoms with Crippen LogP contribution in [0.15, 0.2) is 36.4 Å². The second kappa shape index (κ2) is 6.83. The van der Waals surface area contributed by atoms with Crippen molar-refractivity contribution in [2.24, 2.45) is 0 Å². The van der Waals surface area contributed by atoms with E-state index in [0.29, 0.717) is 24.7 Å². The van der Waals surface area contributed by atoms with Crippen molar-refractivity contribution in [2.75, 3.05) is 18.9 Å². The van der Waals surface area contributed by atoms with Crippen molar-refractivity contribution in [2.45, 2.75) is 13.8 Å². The fourth-order valence-corrected chi connectivity index (χ4v) is 1.80. The first-order valence-electron chi connectivity index (χ1n) is 6.76. The van der Waals surface area contributed by atoms with E-state index in [9.17, 15) is 4.39 Å². The maximum Gasteiger partial charge on any atom is 0.167 e. The van der Waals surface area contributed by atoms with Gasteiger partial charge in [-0.2, -0.15) is 0 Å². The molecule has 0 saturated heterocycles. The van der Waals surface area contributed by atoms with Crippen LogP contribution in [0.1, 0.15) is 13.8 Å². The van der Waals surface area contributed by atoms with Gasteiger partial charge >= 0.3 is 0 Å². The van der Waals surface area contributed by atoms with Crippen molar-refractivity contribution in [1.82, 2.24) is 0 Å². The number of benzene rings is 2. The van der Waals surface area contributed by atoms with Gasteiger partial charge in [0.1, 0.15) is 11.5 Å². The number of ether oxygens (including phenoxy) is 3. The highest BCUT2D eigenvalue weighted by atomic mass is 19.1. The summed E-state index contributed by atoms with van der Waals surface area (Å²) in [7, 11) is 0. The Morgan fingerprint density at radius 3 is 2.14 bits per heavy atom. The molecule has 0 spiro atoms. The average molecular weight is 291 g/mol. The van der Waals surface area contributed by atoms with E-state index in [1.165, 1.54) is 12.1 Å². The van der Waals surface area contributed by atoms with Crippen LogP contribution < -0.4 is 19.9 Å². The minimum Gasteiger partial charge on any atom is -0.494 e. The number of hydrogen-bond acceptors (Lipinski definition) is 4. The van der Waals surface area contributed by atoms with E-state index in [-0.39, 0.29) is 11.4 Å². The van der Waals surface area contributed by atoms with Crippen molar-refractivity contribution in [3.05, 3.63) is 42.2 Å². The summed E-state index contributed by atoms with van der Waals surface area (Å²) in [5.74, 6) is 1.30. The number of halogens is 1. The molecular formula is C16H18FNO3. The van der Waals surface area contributed by atoms with E-state index in [2.05, 4.69) is 0 Å². The predicted octanol–water partition coefficient (Wildman–Crippen LogP) is 4.00. The Balaban J connectivity index is 2.20. The molecule has 0 unspecified atom stereocenters. The molecule has 2 aromatic rings. The molecule has 5 heteroatoms. The molecule has 21 heavy (non-hydrogen) atoms. The van der Waals surface area contributed by atoms with Crippen molar-refractivity contribution >= 4 is 5.69 Å². The van der Waals surface area contributed by atoms with E-state index in [0.717, 1.165) is 5.75 Å². The molecule has 0 heterocycles. The normalized spacial score (nSPS) is 10.2. The lowest BCUT2D eigenvalue weighted by Gasteiger charge is -2.12. The quantitative estimate of drug-likeness (QED) is 0.817. The van der Waals surface area contributed by atoms with Crippen LogP contribution in [0.25, 0.3) is 0 Å². The summed E-state index contributed by atoms with van der Waals surface area (Å²) in [5, 5.41) is 0. The van der Waals surface area contributed by atoms with E-state index in [1.807, 2.05) is 6.92 Å². The summed E-state index contributed by atoms with van der Waals surface area (Å²) in [6.07, 6.45) is 0. The maximum absolute atomic E-state index is 13.6. The van der Waals surface area contributed by atoms with E-state index >= 15 is 0 Å². The molecule has 0 amide bonds. The Bertz CT molecular complexity index is 599. The van der Waals surface area contributed by atoms with Crippen LogP contribution >= 0.6 is 0 Å². The molecule has 0 aromatic heterocycles. The van der Waals surface area contributed by atoms with Gasteiger partial charge in [0.25, 0.3) is 0 Å². The molecule has 2 N–H and O–H groups in total. The minimum atomic E-state index is -0.506. The zero-order chi connectivity index (χ0) is 15.2. The standard InChI is InChI=1S/C16H18FNO3/c1-3-19-11-5-7-12(8-6-11)21-16-10-15(20-4-2)13(17)9-14(16)18/h5-10H,3-4,18H2,1-2H3. The third kappa shape index (κ3) is 3.78. The van der Waals surface area contributed by atoms with E-state index in [1.54, 1.807) is 31.2 Å². The first-order valence-corrected chi connectivity index (χ1v) is 6.76. The van der Waals surface area contributed by atoms with Crippen LogP contribution in [-0.2, 0) is 0 Å². The Morgan fingerprint density at radius 1 is 0.905 bits per heavy atom. The Labute approximate surface area is 123 Å². The zero-order valence-corrected chi connectivity index (χ0v) is 12.1. The third-order valence-corrected chi connectivity index (χ3v) is 2.73. The largest absolute Gasteiger partial charge is 0.494 e. The van der Waals surface area contributed by atoms with Crippen LogP contribution in [0.5, 0.6) is 23.0 Å². The lowest BCUT2D eigenvalue weighted by Crippen LogP contribution is -1.99. The fraction of sp³-hybridized carbons (Fsp3) is 0.250. The minimum absolute atomic E-state index is 0.118. The summed E-state index contributed by atoms with van der Waals surface area (Å²) in [5.41, 5.74) is 5.98. The van der Waals surface area contributed by atoms with Crippen LogP contribution in [0.2, 0.25) is 0 Å². The SMILES string of the molecule is CCOc1ccc(Oc2cc(OCC)c(F)cc2N)cc1. The molecule has 0 fully saturated rings. The van der Waals surface area contributed by atoms with E-state index < -0.39 is 5.82 Å². The second-order valence-electron chi connectivity index (χ2n) is 4.26. The second-order valence-corrected chi connectivity index (χ2v) is 4.26. The van der Waals surface area contributed by atoms with Crippen molar-refractivity contribution < 1.29 is 18.6 Å². The van der Waals surface area contributed by atoms with Crippen LogP contribution in [-0.4, -0.2) is 13.2 Å². The molecule has 2 aromatic carbocycles. The first-order chi connectivity index (χ1) is 10.1. The molecule has 0 aliphatic carbocycles. The van der Waals surface area contributed by atoms with E-state index in [4.69, 9.17) is 19.9 Å². The van der Waals surface area contributed by atoms with Gasteiger partial charge in [-0.3, -0.25) is 0 Å². The summed E-state index contributed by atoms with van der Waals surface area (Å²) in [6.45, 7) is 4.66. The molecule has 0 saturated carbocycles. The molecule has 4 nitrogen and oxygen atoms in total. The predicted molar refractivity (Wildman–Crippen MR) is 79.7 cm³/mol. The van der Waals surface area contributed by atoms with Crippen molar-refractivity contribution in [1.29, 1.82) is 0 Å². The van der Waals surface area contributed by atoms with Gasteiger partial charge in [0.2, 0.25) is 0 Å². The van der Waals surface area contributed by atoms with Gasteiger partial charge in [0.15, 0.2) is 17.3 Å². The Morgan fingerprint density at radius 2 is 1.52 bits per heavy atom. The van der Waals surface area contributed by atoms with Crippen LogP contribution in [0, 0.1) is 5.82 Å². The number of rotatable bonds is 6. The number of anilines is 1. The van der Waals surface area contributed by atoms with Gasteiger partial charge in [-0.25, -0.2) is 4.39 Å². The molecule has 112 valence electrons. The highest BCUT2D eigenvalue weighted by Crippen LogP contribution is 2.34. The topological polar surface area (TPSA) is 53.7 Å². The molecule has 0 radical (unpaired) electrons. The summed E-state index contributed by atoms with van der Waals surface area (Å²) in [4.78, 5) is 0. The maximum atomic E-state index is 13.6. The van der Waals surface area contributed by atoms with Gasteiger partial charge in [-0.15, -0.1) is 0 Å². The van der Waals surface area contributed by atoms with Gasteiger partial charge in [0, 0.05) is 12.1 Å². The number of hydrogen-bond donors (Lipinski definition) is 1. The summed E-state index contributed by atoms with van der Waals surface area (Å²) in [6, 6.07) is 9.74. The summed E-state index contributed by atoms with van der Waals surface area (Å²) < 4.78 is 29.8. The molecule has 0 bridgehead atoms.